The molecule has 2 aromatic carbocycles. The standard InChI is InChI=1S/C20H21NO7/c1-25-15-9-13(10-16(26-2)19(15)27-3)11-18(23)28-12-17(22)21-20(24)14-7-5-4-6-8-14/h4-10H,11-12H2,1-3H3,(H,21,22,24). The molecule has 8 heteroatoms. The summed E-state index contributed by atoms with van der Waals surface area (Å²) in [6.45, 7) is -0.568. The number of carbonyl (C=O) groups excluding carboxylic acids is 3. The van der Waals surface area contributed by atoms with Gasteiger partial charge in [0.1, 0.15) is 0 Å². The van der Waals surface area contributed by atoms with Crippen LogP contribution in [0.1, 0.15) is 15.9 Å². The van der Waals surface area contributed by atoms with Crippen LogP contribution in [-0.2, 0) is 20.7 Å². The molecule has 0 heterocycles. The van der Waals surface area contributed by atoms with E-state index in [1.54, 1.807) is 42.5 Å². The molecule has 0 bridgehead atoms. The molecule has 0 aromatic heterocycles. The van der Waals surface area contributed by atoms with Gasteiger partial charge in [0.15, 0.2) is 18.1 Å². The van der Waals surface area contributed by atoms with Crippen LogP contribution in [0.5, 0.6) is 17.2 Å². The molecule has 0 saturated carbocycles. The number of benzene rings is 2. The first-order chi connectivity index (χ1) is 13.5. The van der Waals surface area contributed by atoms with Crippen LogP contribution in [0.3, 0.4) is 0 Å². The van der Waals surface area contributed by atoms with Crippen molar-refractivity contribution in [2.75, 3.05) is 27.9 Å². The fourth-order valence-corrected chi connectivity index (χ4v) is 2.43. The van der Waals surface area contributed by atoms with Gasteiger partial charge in [-0.1, -0.05) is 18.2 Å². The molecule has 148 valence electrons. The van der Waals surface area contributed by atoms with Crippen molar-refractivity contribution in [1.29, 1.82) is 0 Å². The van der Waals surface area contributed by atoms with Crippen molar-refractivity contribution in [2.24, 2.45) is 0 Å². The Morgan fingerprint density at radius 2 is 1.50 bits per heavy atom. The largest absolute Gasteiger partial charge is 0.493 e. The van der Waals surface area contributed by atoms with Gasteiger partial charge in [-0.15, -0.1) is 0 Å². The maximum absolute atomic E-state index is 12.0. The smallest absolute Gasteiger partial charge is 0.310 e. The number of carbonyl (C=O) groups is 3. The Morgan fingerprint density at radius 3 is 2.04 bits per heavy atom. The topological polar surface area (TPSA) is 100 Å². The van der Waals surface area contributed by atoms with Gasteiger partial charge in [0.2, 0.25) is 5.75 Å². The van der Waals surface area contributed by atoms with Crippen LogP contribution >= 0.6 is 0 Å². The Hall–Kier alpha value is -3.55. The summed E-state index contributed by atoms with van der Waals surface area (Å²) in [6.07, 6.45) is -0.114. The average Bonchev–Trinajstić information content (AvgIpc) is 2.72. The summed E-state index contributed by atoms with van der Waals surface area (Å²) in [5.74, 6) is -0.720. The zero-order chi connectivity index (χ0) is 20.5. The SMILES string of the molecule is COc1cc(CC(=O)OCC(=O)NC(=O)c2ccccc2)cc(OC)c1OC. The summed E-state index contributed by atoms with van der Waals surface area (Å²) >= 11 is 0. The van der Waals surface area contributed by atoms with Gasteiger partial charge < -0.3 is 18.9 Å². The Morgan fingerprint density at radius 1 is 0.893 bits per heavy atom. The number of hydrogen-bond donors (Lipinski definition) is 1. The number of imide groups is 1. The van der Waals surface area contributed by atoms with Gasteiger partial charge in [0.05, 0.1) is 27.8 Å². The van der Waals surface area contributed by atoms with Crippen molar-refractivity contribution >= 4 is 17.8 Å². The molecule has 0 aliphatic carbocycles. The first-order valence-corrected chi connectivity index (χ1v) is 8.32. The molecule has 0 radical (unpaired) electrons. The van der Waals surface area contributed by atoms with E-state index in [-0.39, 0.29) is 6.42 Å². The number of rotatable bonds is 8. The normalized spacial score (nSPS) is 9.96. The second kappa shape index (κ2) is 9.96. The van der Waals surface area contributed by atoms with E-state index in [1.165, 1.54) is 21.3 Å². The van der Waals surface area contributed by atoms with Crippen molar-refractivity contribution in [3.63, 3.8) is 0 Å². The van der Waals surface area contributed by atoms with Crippen LogP contribution in [0.4, 0.5) is 0 Å². The predicted molar refractivity (Wildman–Crippen MR) is 99.7 cm³/mol. The minimum Gasteiger partial charge on any atom is -0.493 e. The summed E-state index contributed by atoms with van der Waals surface area (Å²) in [5.41, 5.74) is 0.889. The maximum Gasteiger partial charge on any atom is 0.310 e. The lowest BCUT2D eigenvalue weighted by molar-refractivity contribution is -0.147. The van der Waals surface area contributed by atoms with Crippen molar-refractivity contribution in [2.45, 2.75) is 6.42 Å². The van der Waals surface area contributed by atoms with Gasteiger partial charge >= 0.3 is 5.97 Å². The second-order valence-electron chi connectivity index (χ2n) is 5.61. The highest BCUT2D eigenvalue weighted by Gasteiger charge is 2.17. The fourth-order valence-electron chi connectivity index (χ4n) is 2.43. The molecule has 1 N–H and O–H groups in total. The highest BCUT2D eigenvalue weighted by molar-refractivity contribution is 6.05. The van der Waals surface area contributed by atoms with Gasteiger partial charge in [-0.05, 0) is 29.8 Å². The van der Waals surface area contributed by atoms with Crippen LogP contribution in [-0.4, -0.2) is 45.7 Å². The minimum absolute atomic E-state index is 0.114. The van der Waals surface area contributed by atoms with Crippen LogP contribution in [0.25, 0.3) is 0 Å². The molecule has 0 saturated heterocycles. The molecule has 28 heavy (non-hydrogen) atoms. The van der Waals surface area contributed by atoms with Crippen molar-refractivity contribution < 1.29 is 33.3 Å². The highest BCUT2D eigenvalue weighted by Crippen LogP contribution is 2.38. The molecule has 2 amide bonds. The average molecular weight is 387 g/mol. The zero-order valence-corrected chi connectivity index (χ0v) is 15.8. The van der Waals surface area contributed by atoms with Crippen LogP contribution in [0.2, 0.25) is 0 Å². The number of ether oxygens (including phenoxy) is 4. The number of amides is 2. The van der Waals surface area contributed by atoms with Crippen LogP contribution in [0, 0.1) is 0 Å². The van der Waals surface area contributed by atoms with Crippen LogP contribution in [0.15, 0.2) is 42.5 Å². The first kappa shape index (κ1) is 20.8. The van der Waals surface area contributed by atoms with E-state index in [0.717, 1.165) is 0 Å². The molecule has 0 spiro atoms. The third kappa shape index (κ3) is 5.47. The molecule has 0 atom stereocenters. The molecular weight excluding hydrogens is 366 g/mol. The summed E-state index contributed by atoms with van der Waals surface area (Å²) < 4.78 is 20.6. The number of hydrogen-bond acceptors (Lipinski definition) is 7. The lowest BCUT2D eigenvalue weighted by Gasteiger charge is -2.14. The highest BCUT2D eigenvalue weighted by atomic mass is 16.5. The van der Waals surface area contributed by atoms with Crippen molar-refractivity contribution in [1.82, 2.24) is 5.32 Å². The molecule has 0 aliphatic heterocycles. The van der Waals surface area contributed by atoms with E-state index in [1.807, 2.05) is 0 Å². The van der Waals surface area contributed by atoms with Gasteiger partial charge in [-0.25, -0.2) is 0 Å². The minimum atomic E-state index is -0.716. The number of methoxy groups -OCH3 is 3. The molecule has 2 rings (SSSR count). The number of nitrogens with one attached hydrogen (secondary N) is 1. The van der Waals surface area contributed by atoms with E-state index in [2.05, 4.69) is 5.32 Å². The lowest BCUT2D eigenvalue weighted by atomic mass is 10.1. The third-order valence-electron chi connectivity index (χ3n) is 3.73. The lowest BCUT2D eigenvalue weighted by Crippen LogP contribution is -2.34. The molecule has 2 aromatic rings. The first-order valence-electron chi connectivity index (χ1n) is 8.32. The van der Waals surface area contributed by atoms with Crippen molar-refractivity contribution in [3.8, 4) is 17.2 Å². The Kier molecular flexibility index (Phi) is 7.38. The van der Waals surface area contributed by atoms with Crippen molar-refractivity contribution in [3.05, 3.63) is 53.6 Å². The molecular formula is C20H21NO7. The summed E-state index contributed by atoms with van der Waals surface area (Å²) in [6, 6.07) is 11.5. The Labute approximate surface area is 162 Å². The predicted octanol–water partition coefficient (Wildman–Crippen LogP) is 1.75. The molecule has 0 aliphatic rings. The van der Waals surface area contributed by atoms with Gasteiger partial charge in [-0.2, -0.15) is 0 Å². The summed E-state index contributed by atoms with van der Waals surface area (Å²) in [7, 11) is 4.41. The maximum atomic E-state index is 12.0. The second-order valence-corrected chi connectivity index (χ2v) is 5.61. The monoisotopic (exact) mass is 387 g/mol. The van der Waals surface area contributed by atoms with E-state index in [4.69, 9.17) is 18.9 Å². The van der Waals surface area contributed by atoms with E-state index in [9.17, 15) is 14.4 Å². The quantitative estimate of drug-likeness (QED) is 0.689. The summed E-state index contributed by atoms with van der Waals surface area (Å²) in [4.78, 5) is 35.7. The van der Waals surface area contributed by atoms with E-state index >= 15 is 0 Å². The van der Waals surface area contributed by atoms with Gasteiger partial charge in [0, 0.05) is 5.56 Å². The third-order valence-corrected chi connectivity index (χ3v) is 3.73. The van der Waals surface area contributed by atoms with Gasteiger partial charge in [0.25, 0.3) is 11.8 Å². The zero-order valence-electron chi connectivity index (χ0n) is 15.8. The Balaban J connectivity index is 1.92. The fraction of sp³-hybridized carbons (Fsp3) is 0.250. The summed E-state index contributed by atoms with van der Waals surface area (Å²) in [5, 5.41) is 2.16. The van der Waals surface area contributed by atoms with Crippen LogP contribution < -0.4 is 19.5 Å². The Bertz CT molecular complexity index is 824. The molecule has 8 nitrogen and oxygen atoms in total. The van der Waals surface area contributed by atoms with E-state index in [0.29, 0.717) is 28.4 Å². The number of esters is 1. The molecule has 0 fully saturated rings. The van der Waals surface area contributed by atoms with Gasteiger partial charge in [-0.3, -0.25) is 19.7 Å². The van der Waals surface area contributed by atoms with E-state index < -0.39 is 24.4 Å². The molecule has 0 unspecified atom stereocenters.